The Morgan fingerprint density at radius 1 is 1.15 bits per heavy atom. The molecule has 142 valence electrons. The average molecular weight is 371 g/mol. The van der Waals surface area contributed by atoms with Crippen molar-refractivity contribution in [1.82, 2.24) is 9.55 Å². The number of anilines is 1. The van der Waals surface area contributed by atoms with Gasteiger partial charge in [-0.3, -0.25) is 4.57 Å². The molecular formula is C21H23F2N3O. The Hall–Kier alpha value is -2.76. The number of aromatic nitrogens is 2. The summed E-state index contributed by atoms with van der Waals surface area (Å²) in [5.74, 6) is -1.00. The zero-order chi connectivity index (χ0) is 19.4. The zero-order valence-electron chi connectivity index (χ0n) is 15.6. The Kier molecular flexibility index (Phi) is 5.84. The van der Waals surface area contributed by atoms with Gasteiger partial charge in [-0.2, -0.15) is 0 Å². The van der Waals surface area contributed by atoms with Gasteiger partial charge in [-0.1, -0.05) is 6.92 Å². The van der Waals surface area contributed by atoms with Gasteiger partial charge in [0.05, 0.1) is 5.52 Å². The summed E-state index contributed by atoms with van der Waals surface area (Å²) < 4.78 is 28.9. The number of nitrogens with one attached hydrogen (secondary N) is 1. The van der Waals surface area contributed by atoms with Gasteiger partial charge in [0.25, 0.3) is 0 Å². The van der Waals surface area contributed by atoms with Crippen LogP contribution >= 0.6 is 0 Å². The van der Waals surface area contributed by atoms with Crippen LogP contribution < -0.4 is 11.0 Å². The van der Waals surface area contributed by atoms with Gasteiger partial charge in [0.2, 0.25) is 0 Å². The number of aryl methyl sites for hydroxylation is 2. The summed E-state index contributed by atoms with van der Waals surface area (Å²) in [6.45, 7) is 4.77. The Morgan fingerprint density at radius 3 is 2.59 bits per heavy atom. The van der Waals surface area contributed by atoms with Crippen LogP contribution in [0.25, 0.3) is 10.9 Å². The topological polar surface area (TPSA) is 46.9 Å². The summed E-state index contributed by atoms with van der Waals surface area (Å²) in [7, 11) is 0. The number of fused-ring (bicyclic) bond motifs is 1. The zero-order valence-corrected chi connectivity index (χ0v) is 15.6. The van der Waals surface area contributed by atoms with Gasteiger partial charge in [0.15, 0.2) is 0 Å². The molecule has 0 amide bonds. The van der Waals surface area contributed by atoms with E-state index in [-0.39, 0.29) is 11.3 Å². The molecule has 0 saturated heterocycles. The van der Waals surface area contributed by atoms with E-state index in [2.05, 4.69) is 10.3 Å². The van der Waals surface area contributed by atoms with E-state index in [4.69, 9.17) is 0 Å². The first-order valence-corrected chi connectivity index (χ1v) is 9.17. The summed E-state index contributed by atoms with van der Waals surface area (Å²) in [6, 6.07) is 8.60. The Balaban J connectivity index is 1.64. The van der Waals surface area contributed by atoms with E-state index >= 15 is 0 Å². The molecule has 1 heterocycles. The summed E-state index contributed by atoms with van der Waals surface area (Å²) in [5.41, 5.74) is 2.27. The minimum atomic E-state index is -0.502. The molecule has 6 heteroatoms. The predicted molar refractivity (Wildman–Crippen MR) is 104 cm³/mol. The lowest BCUT2D eigenvalue weighted by Crippen LogP contribution is -2.22. The third kappa shape index (κ3) is 4.32. The van der Waals surface area contributed by atoms with Crippen LogP contribution in [0.2, 0.25) is 0 Å². The van der Waals surface area contributed by atoms with Gasteiger partial charge >= 0.3 is 5.69 Å². The molecule has 0 bridgehead atoms. The molecule has 0 saturated carbocycles. The van der Waals surface area contributed by atoms with Crippen LogP contribution in [0.1, 0.15) is 30.9 Å². The Bertz CT molecular complexity index is 991. The molecule has 0 aliphatic rings. The molecule has 0 radical (unpaired) electrons. The molecule has 1 N–H and O–H groups in total. The molecule has 0 spiro atoms. The smallest absolute Gasteiger partial charge is 0.348 e. The molecule has 3 aromatic rings. The predicted octanol–water partition coefficient (Wildman–Crippen LogP) is 4.44. The lowest BCUT2D eigenvalue weighted by molar-refractivity contribution is 0.564. The van der Waals surface area contributed by atoms with Crippen LogP contribution in [0.5, 0.6) is 0 Å². The van der Waals surface area contributed by atoms with Crippen molar-refractivity contribution in [2.45, 2.75) is 39.7 Å². The van der Waals surface area contributed by atoms with Gasteiger partial charge in [-0.15, -0.1) is 0 Å². The normalized spacial score (nSPS) is 11.1. The molecule has 1 aromatic heterocycles. The van der Waals surface area contributed by atoms with Gasteiger partial charge < -0.3 is 5.32 Å². The van der Waals surface area contributed by atoms with E-state index < -0.39 is 11.6 Å². The van der Waals surface area contributed by atoms with Crippen LogP contribution in [0.15, 0.2) is 41.3 Å². The lowest BCUT2D eigenvalue weighted by atomic mass is 10.1. The highest BCUT2D eigenvalue weighted by Crippen LogP contribution is 2.18. The van der Waals surface area contributed by atoms with E-state index in [0.717, 1.165) is 29.4 Å². The maximum atomic E-state index is 13.6. The minimum Gasteiger partial charge on any atom is -0.385 e. The summed E-state index contributed by atoms with van der Waals surface area (Å²) in [5, 5.41) is 4.21. The fourth-order valence-electron chi connectivity index (χ4n) is 3.12. The molecule has 0 aliphatic heterocycles. The molecule has 0 fully saturated rings. The molecule has 0 atom stereocenters. The summed E-state index contributed by atoms with van der Waals surface area (Å²) in [6.07, 6.45) is 3.79. The van der Waals surface area contributed by atoms with Crippen molar-refractivity contribution in [2.24, 2.45) is 0 Å². The second-order valence-electron chi connectivity index (χ2n) is 6.68. The third-order valence-corrected chi connectivity index (χ3v) is 4.62. The monoisotopic (exact) mass is 371 g/mol. The summed E-state index contributed by atoms with van der Waals surface area (Å²) in [4.78, 5) is 15.8. The van der Waals surface area contributed by atoms with Crippen molar-refractivity contribution in [2.75, 3.05) is 11.9 Å². The molecule has 2 aromatic carbocycles. The van der Waals surface area contributed by atoms with Crippen molar-refractivity contribution >= 4 is 16.6 Å². The van der Waals surface area contributed by atoms with E-state index in [1.165, 1.54) is 19.1 Å². The molecule has 4 nitrogen and oxygen atoms in total. The molecule has 27 heavy (non-hydrogen) atoms. The van der Waals surface area contributed by atoms with Crippen LogP contribution in [0.3, 0.4) is 0 Å². The standard InChI is InChI=1S/C21H23F2N3O/c1-3-9-26-20-7-6-17(12-16(20)13-25-21(26)27)24-8-4-5-15-10-18(22)14(2)19(23)11-15/h6-7,10-13,24H,3-5,8-9H2,1-2H3. The highest BCUT2D eigenvalue weighted by molar-refractivity contribution is 5.82. The first-order valence-electron chi connectivity index (χ1n) is 9.17. The molecule has 3 rings (SSSR count). The number of hydrogen-bond acceptors (Lipinski definition) is 3. The Morgan fingerprint density at radius 2 is 1.89 bits per heavy atom. The van der Waals surface area contributed by atoms with Gasteiger partial charge in [0.1, 0.15) is 11.6 Å². The minimum absolute atomic E-state index is 0.0585. The fourth-order valence-corrected chi connectivity index (χ4v) is 3.12. The quantitative estimate of drug-likeness (QED) is 0.625. The lowest BCUT2D eigenvalue weighted by Gasteiger charge is -2.11. The number of rotatable bonds is 7. The van der Waals surface area contributed by atoms with Crippen molar-refractivity contribution in [3.05, 3.63) is 69.8 Å². The van der Waals surface area contributed by atoms with E-state index in [1.54, 1.807) is 10.8 Å². The second-order valence-corrected chi connectivity index (χ2v) is 6.68. The van der Waals surface area contributed by atoms with E-state index in [1.807, 2.05) is 25.1 Å². The highest BCUT2D eigenvalue weighted by atomic mass is 19.1. The van der Waals surface area contributed by atoms with E-state index in [0.29, 0.717) is 25.1 Å². The van der Waals surface area contributed by atoms with Crippen molar-refractivity contribution in [3.8, 4) is 0 Å². The third-order valence-electron chi connectivity index (χ3n) is 4.62. The maximum Gasteiger partial charge on any atom is 0.348 e. The van der Waals surface area contributed by atoms with Gasteiger partial charge in [-0.05, 0) is 62.1 Å². The second kappa shape index (κ2) is 8.29. The fraction of sp³-hybridized carbons (Fsp3) is 0.333. The first kappa shape index (κ1) is 19.0. The average Bonchev–Trinajstić information content (AvgIpc) is 2.65. The molecular weight excluding hydrogens is 348 g/mol. The number of halogens is 2. The van der Waals surface area contributed by atoms with Crippen LogP contribution in [-0.2, 0) is 13.0 Å². The SMILES string of the molecule is CCCn1c(=O)ncc2cc(NCCCc3cc(F)c(C)c(F)c3)ccc21. The van der Waals surface area contributed by atoms with Crippen LogP contribution in [0.4, 0.5) is 14.5 Å². The van der Waals surface area contributed by atoms with Crippen molar-refractivity contribution < 1.29 is 8.78 Å². The van der Waals surface area contributed by atoms with Crippen LogP contribution in [-0.4, -0.2) is 16.1 Å². The summed E-state index contributed by atoms with van der Waals surface area (Å²) >= 11 is 0. The molecule has 0 aliphatic carbocycles. The van der Waals surface area contributed by atoms with Crippen molar-refractivity contribution in [1.29, 1.82) is 0 Å². The number of nitrogens with zero attached hydrogens (tertiary/aromatic N) is 2. The van der Waals surface area contributed by atoms with Gasteiger partial charge in [0, 0.05) is 35.9 Å². The van der Waals surface area contributed by atoms with E-state index in [9.17, 15) is 13.6 Å². The van der Waals surface area contributed by atoms with Gasteiger partial charge in [-0.25, -0.2) is 18.6 Å². The highest BCUT2D eigenvalue weighted by Gasteiger charge is 2.07. The first-order chi connectivity index (χ1) is 13.0. The van der Waals surface area contributed by atoms with Crippen LogP contribution in [0, 0.1) is 18.6 Å². The Labute approximate surface area is 156 Å². The molecule has 0 unspecified atom stereocenters. The largest absolute Gasteiger partial charge is 0.385 e. The maximum absolute atomic E-state index is 13.6. The number of hydrogen-bond donors (Lipinski definition) is 1. The van der Waals surface area contributed by atoms with Crippen molar-refractivity contribution in [3.63, 3.8) is 0 Å². The number of benzene rings is 2.